The largest absolute Gasteiger partial charge is 0.414 e. The van der Waals surface area contributed by atoms with E-state index in [-0.39, 0.29) is 16.8 Å². The molecule has 0 spiro atoms. The van der Waals surface area contributed by atoms with Gasteiger partial charge in [-0.25, -0.2) is 9.59 Å². The van der Waals surface area contributed by atoms with Crippen molar-refractivity contribution >= 4 is 55.2 Å². The maximum Gasteiger partial charge on any atom is 0.412 e. The van der Waals surface area contributed by atoms with Crippen LogP contribution >= 0.6 is 38.9 Å². The van der Waals surface area contributed by atoms with Gasteiger partial charge in [-0.3, -0.25) is 0 Å². The third kappa shape index (κ3) is 3.31. The van der Waals surface area contributed by atoms with Crippen LogP contribution in [0.3, 0.4) is 0 Å². The lowest BCUT2D eigenvalue weighted by molar-refractivity contribution is 0.192. The lowest BCUT2D eigenvalue weighted by Crippen LogP contribution is -2.38. The van der Waals surface area contributed by atoms with Crippen LogP contribution in [-0.2, 0) is 0 Å². The first kappa shape index (κ1) is 15.8. The van der Waals surface area contributed by atoms with Crippen LogP contribution in [0.2, 0.25) is 5.02 Å². The van der Waals surface area contributed by atoms with Crippen molar-refractivity contribution in [2.75, 3.05) is 0 Å². The summed E-state index contributed by atoms with van der Waals surface area (Å²) < 4.78 is 11.3. The molecule has 0 unspecified atom stereocenters. The highest BCUT2D eigenvalue weighted by Gasteiger charge is 2.21. The number of carbonyl (C=O) groups is 1. The van der Waals surface area contributed by atoms with Crippen molar-refractivity contribution in [1.82, 2.24) is 5.32 Å². The van der Waals surface area contributed by atoms with E-state index in [1.807, 2.05) is 0 Å². The Bertz CT molecular complexity index is 766. The molecule has 3 rings (SSSR count). The van der Waals surface area contributed by atoms with Gasteiger partial charge in [-0.1, -0.05) is 42.2 Å². The molecule has 1 fully saturated rings. The molecule has 1 N–H and O–H groups in total. The van der Waals surface area contributed by atoms with Gasteiger partial charge in [0.1, 0.15) is 0 Å². The Labute approximate surface area is 143 Å². The maximum atomic E-state index is 12.0. The average Bonchev–Trinajstić information content (AvgIpc) is 2.85. The number of ether oxygens (including phenoxy) is 1. The Hall–Kier alpha value is -1.05. The fraction of sp³-hybridized carbons (Fsp3) is 0.429. The van der Waals surface area contributed by atoms with Gasteiger partial charge in [-0.05, 0) is 28.8 Å². The lowest BCUT2D eigenvalue weighted by Gasteiger charge is -2.22. The van der Waals surface area contributed by atoms with Crippen molar-refractivity contribution in [3.05, 3.63) is 25.3 Å². The fourth-order valence-corrected chi connectivity index (χ4v) is 4.32. The van der Waals surface area contributed by atoms with E-state index in [1.165, 1.54) is 12.5 Å². The van der Waals surface area contributed by atoms with Crippen LogP contribution in [0.1, 0.15) is 32.1 Å². The number of nitrogens with one attached hydrogen (secondary N) is 1. The molecule has 1 aliphatic rings. The van der Waals surface area contributed by atoms with E-state index in [1.54, 1.807) is 0 Å². The van der Waals surface area contributed by atoms with Gasteiger partial charge >= 0.3 is 11.0 Å². The van der Waals surface area contributed by atoms with Gasteiger partial charge in [0.15, 0.2) is 11.3 Å². The van der Waals surface area contributed by atoms with Crippen LogP contribution < -0.4 is 15.0 Å². The molecule has 0 aliphatic heterocycles. The number of hydrogen-bond acceptors (Lipinski definition) is 5. The summed E-state index contributed by atoms with van der Waals surface area (Å²) in [5.74, 6) is 0.194. The standard InChI is InChI=1S/C14H13BrClNO4S/c15-10-11(8(16)6-9-12(10)22-14(19)20-9)21-13(18)17-7-4-2-1-3-5-7/h6-7H,1-5H2,(H,17,18). The molecule has 118 valence electrons. The Morgan fingerprint density at radius 3 is 2.86 bits per heavy atom. The van der Waals surface area contributed by atoms with Gasteiger partial charge in [-0.15, -0.1) is 0 Å². The first-order valence-electron chi connectivity index (χ1n) is 6.94. The van der Waals surface area contributed by atoms with Gasteiger partial charge in [-0.2, -0.15) is 0 Å². The van der Waals surface area contributed by atoms with Gasteiger partial charge in [0.2, 0.25) is 0 Å². The normalized spacial score (nSPS) is 15.9. The second-order valence-electron chi connectivity index (χ2n) is 5.15. The van der Waals surface area contributed by atoms with E-state index in [0.717, 1.165) is 37.0 Å². The average molecular weight is 407 g/mol. The first-order valence-corrected chi connectivity index (χ1v) is 8.93. The zero-order valence-electron chi connectivity index (χ0n) is 11.5. The molecule has 1 saturated carbocycles. The number of halogens is 2. The maximum absolute atomic E-state index is 12.0. The third-order valence-corrected chi connectivity index (χ3v) is 5.76. The summed E-state index contributed by atoms with van der Waals surface area (Å²) in [6, 6.07) is 1.62. The summed E-state index contributed by atoms with van der Waals surface area (Å²) in [7, 11) is 0. The molecule has 5 nitrogen and oxygen atoms in total. The Balaban J connectivity index is 1.80. The highest BCUT2D eigenvalue weighted by Crippen LogP contribution is 2.40. The predicted octanol–water partition coefficient (Wildman–Crippen LogP) is 4.69. The molecule has 1 aliphatic carbocycles. The van der Waals surface area contributed by atoms with Crippen molar-refractivity contribution in [3.8, 4) is 5.75 Å². The predicted molar refractivity (Wildman–Crippen MR) is 89.1 cm³/mol. The monoisotopic (exact) mass is 405 g/mol. The van der Waals surface area contributed by atoms with Crippen molar-refractivity contribution in [1.29, 1.82) is 0 Å². The summed E-state index contributed by atoms with van der Waals surface area (Å²) in [6.45, 7) is 0. The van der Waals surface area contributed by atoms with Crippen LogP contribution in [-0.4, -0.2) is 12.1 Å². The summed E-state index contributed by atoms with van der Waals surface area (Å²) in [5.41, 5.74) is 0.368. The van der Waals surface area contributed by atoms with Crippen molar-refractivity contribution in [2.45, 2.75) is 38.1 Å². The van der Waals surface area contributed by atoms with Crippen molar-refractivity contribution in [2.24, 2.45) is 0 Å². The summed E-state index contributed by atoms with van der Waals surface area (Å²) >= 11 is 10.4. The highest BCUT2D eigenvalue weighted by atomic mass is 79.9. The van der Waals surface area contributed by atoms with Crippen LogP contribution in [0.25, 0.3) is 10.3 Å². The molecule has 1 aromatic carbocycles. The number of amides is 1. The number of fused-ring (bicyclic) bond motifs is 1. The molecule has 2 aromatic rings. The Morgan fingerprint density at radius 1 is 1.41 bits per heavy atom. The molecule has 1 aromatic heterocycles. The summed E-state index contributed by atoms with van der Waals surface area (Å²) in [5, 5.41) is 3.06. The molecule has 0 bridgehead atoms. The van der Waals surface area contributed by atoms with Gasteiger partial charge in [0, 0.05) is 12.1 Å². The minimum atomic E-state index is -0.537. The van der Waals surface area contributed by atoms with Gasteiger partial charge < -0.3 is 14.5 Å². The quantitative estimate of drug-likeness (QED) is 0.785. The molecule has 1 heterocycles. The Kier molecular flexibility index (Phi) is 4.75. The van der Waals surface area contributed by atoms with E-state index < -0.39 is 11.0 Å². The fourth-order valence-electron chi connectivity index (χ4n) is 2.56. The first-order chi connectivity index (χ1) is 10.5. The third-order valence-electron chi connectivity index (χ3n) is 3.60. The SMILES string of the molecule is O=C(NC1CCCCC1)Oc1c(Cl)cc2oc(=O)sc2c1Br. The minimum Gasteiger partial charge on any atom is -0.414 e. The second-order valence-corrected chi connectivity index (χ2v) is 7.30. The smallest absolute Gasteiger partial charge is 0.412 e. The Morgan fingerprint density at radius 2 is 2.14 bits per heavy atom. The zero-order chi connectivity index (χ0) is 15.7. The number of rotatable bonds is 2. The van der Waals surface area contributed by atoms with E-state index in [9.17, 15) is 9.59 Å². The van der Waals surface area contributed by atoms with E-state index in [0.29, 0.717) is 14.8 Å². The molecule has 8 heteroatoms. The zero-order valence-corrected chi connectivity index (χ0v) is 14.6. The minimum absolute atomic E-state index is 0.146. The number of hydrogen-bond donors (Lipinski definition) is 1. The second kappa shape index (κ2) is 6.60. The van der Waals surface area contributed by atoms with E-state index in [4.69, 9.17) is 20.8 Å². The van der Waals surface area contributed by atoms with Crippen molar-refractivity contribution < 1.29 is 13.9 Å². The van der Waals surface area contributed by atoms with Crippen LogP contribution in [0.15, 0.2) is 19.8 Å². The number of benzene rings is 1. The van der Waals surface area contributed by atoms with Crippen LogP contribution in [0.5, 0.6) is 5.75 Å². The van der Waals surface area contributed by atoms with Gasteiger partial charge in [0.25, 0.3) is 0 Å². The molecule has 0 saturated heterocycles. The highest BCUT2D eigenvalue weighted by molar-refractivity contribution is 9.10. The molecular weight excluding hydrogens is 394 g/mol. The molecule has 0 atom stereocenters. The van der Waals surface area contributed by atoms with Crippen molar-refractivity contribution in [3.63, 3.8) is 0 Å². The summed E-state index contributed by atoms with van der Waals surface area (Å²) in [6.07, 6.45) is 4.83. The molecule has 1 amide bonds. The molecule has 22 heavy (non-hydrogen) atoms. The van der Waals surface area contributed by atoms with E-state index >= 15 is 0 Å². The topological polar surface area (TPSA) is 68.5 Å². The van der Waals surface area contributed by atoms with Crippen LogP contribution in [0.4, 0.5) is 4.79 Å². The van der Waals surface area contributed by atoms with Gasteiger partial charge in [0.05, 0.1) is 14.2 Å². The lowest BCUT2D eigenvalue weighted by atomic mass is 9.96. The summed E-state index contributed by atoms with van der Waals surface area (Å²) in [4.78, 5) is 22.9. The van der Waals surface area contributed by atoms with E-state index in [2.05, 4.69) is 21.2 Å². The van der Waals surface area contributed by atoms with Crippen LogP contribution in [0, 0.1) is 0 Å². The molecule has 0 radical (unpaired) electrons. The molecular formula is C14H13BrClNO4S. The number of carbonyl (C=O) groups excluding carboxylic acids is 1.